The number of carbonyl (C=O) groups is 1. The van der Waals surface area contributed by atoms with Crippen LogP contribution in [0.15, 0.2) is 27.9 Å². The molecule has 1 saturated heterocycles. The lowest BCUT2D eigenvalue weighted by Gasteiger charge is -2.31. The average molecular weight is 772 g/mol. The number of allylic oxidation sites excluding steroid dienone is 2. The second-order valence-corrected chi connectivity index (χ2v) is 22.4. The molecule has 24 heteroatoms. The number of aromatic nitrogens is 2. The summed E-state index contributed by atoms with van der Waals surface area (Å²) in [6, 6.07) is 0. The minimum absolute atomic E-state index is 0.00666. The Morgan fingerprint density at radius 3 is 2.51 bits per heavy atom. The van der Waals surface area contributed by atoms with Gasteiger partial charge in [-0.05, 0) is 51.5 Å². The molecule has 2 heterocycles. The Hall–Kier alpha value is -1.28. The molecule has 6 N–H and O–H groups in total. The van der Waals surface area contributed by atoms with Gasteiger partial charge in [-0.25, -0.2) is 23.3 Å². The lowest BCUT2D eigenvalue weighted by atomic mass is 10.0. The smallest absolute Gasteiger partial charge is 0.446 e. The standard InChI is InChI=1S/C23H40N3O16P3S2/c1-16-12-26(22(28)25-21(16)27)20-11-18(19(40-20)13-38-44(33,34)42-45(35,36)41-43(30,31)32)37-15-46-47(2,3)14-24-23(29)39-17-9-7-5-4-6-8-10-17/h4-5,12,17-20H,6-11,13-15H2,1-3H3,(H,24,29)(H,33,34)(H,35,36)(H,25,27,28)(H2,30,31,32)/b5-4+/t17?,18-,19?,20-/m1/s1. The third-order valence-corrected chi connectivity index (χ3v) is 14.7. The highest BCUT2D eigenvalue weighted by molar-refractivity contribution is 8.93. The van der Waals surface area contributed by atoms with E-state index in [0.29, 0.717) is 5.88 Å². The predicted molar refractivity (Wildman–Crippen MR) is 172 cm³/mol. The number of H-pyrrole nitrogens is 1. The summed E-state index contributed by atoms with van der Waals surface area (Å²) in [6.07, 6.45) is 9.79. The van der Waals surface area contributed by atoms with Gasteiger partial charge in [0, 0.05) is 18.2 Å². The highest BCUT2D eigenvalue weighted by Gasteiger charge is 2.43. The molecule has 6 atom stereocenters. The van der Waals surface area contributed by atoms with Gasteiger partial charge in [0.15, 0.2) is 0 Å². The Balaban J connectivity index is 1.61. The molecular weight excluding hydrogens is 731 g/mol. The third-order valence-electron chi connectivity index (χ3n) is 6.66. The maximum Gasteiger partial charge on any atom is 0.490 e. The Bertz CT molecular complexity index is 1530. The van der Waals surface area contributed by atoms with Crippen LogP contribution in [0.1, 0.15) is 50.3 Å². The maximum atomic E-state index is 12.5. The van der Waals surface area contributed by atoms with Crippen molar-refractivity contribution in [2.24, 2.45) is 0 Å². The number of amides is 1. The second-order valence-electron chi connectivity index (χ2n) is 10.9. The summed E-state index contributed by atoms with van der Waals surface area (Å²) in [6.45, 7) is 0.651. The van der Waals surface area contributed by atoms with Gasteiger partial charge >= 0.3 is 35.3 Å². The van der Waals surface area contributed by atoms with Crippen molar-refractivity contribution in [3.8, 4) is 0 Å². The number of ether oxygens (including phenoxy) is 3. The number of nitrogens with one attached hydrogen (secondary N) is 2. The van der Waals surface area contributed by atoms with Crippen LogP contribution in [0.3, 0.4) is 0 Å². The summed E-state index contributed by atoms with van der Waals surface area (Å²) < 4.78 is 65.6. The minimum Gasteiger partial charge on any atom is -0.446 e. The molecule has 47 heavy (non-hydrogen) atoms. The average Bonchev–Trinajstić information content (AvgIpc) is 3.30. The summed E-state index contributed by atoms with van der Waals surface area (Å²) in [7, 11) is -17.0. The Morgan fingerprint density at radius 1 is 1.11 bits per heavy atom. The lowest BCUT2D eigenvalue weighted by Crippen LogP contribution is -2.33. The molecule has 270 valence electrons. The highest BCUT2D eigenvalue weighted by Crippen LogP contribution is 2.66. The minimum atomic E-state index is -5.75. The van der Waals surface area contributed by atoms with E-state index in [1.165, 1.54) is 23.9 Å². The molecule has 1 aromatic heterocycles. The van der Waals surface area contributed by atoms with Gasteiger partial charge in [0.25, 0.3) is 5.56 Å². The fraction of sp³-hybridized carbons (Fsp3) is 0.696. The van der Waals surface area contributed by atoms with Crippen molar-refractivity contribution in [3.05, 3.63) is 44.8 Å². The van der Waals surface area contributed by atoms with Crippen molar-refractivity contribution < 1.29 is 65.4 Å². The number of nitrogens with zero attached hydrogens (tertiary/aromatic N) is 1. The fourth-order valence-electron chi connectivity index (χ4n) is 4.42. The third kappa shape index (κ3) is 14.2. The van der Waals surface area contributed by atoms with Crippen LogP contribution in [0, 0.1) is 6.92 Å². The number of aromatic amines is 1. The number of hydrogen-bond donors (Lipinski definition) is 6. The number of rotatable bonds is 15. The van der Waals surface area contributed by atoms with E-state index in [1.807, 2.05) is 12.5 Å². The van der Waals surface area contributed by atoms with Crippen LogP contribution in [0.2, 0.25) is 0 Å². The van der Waals surface area contributed by atoms with E-state index < -0.39 is 74.9 Å². The number of phosphoric ester groups is 1. The Labute approximate surface area is 274 Å². The molecule has 0 saturated carbocycles. The first-order chi connectivity index (χ1) is 21.7. The van der Waals surface area contributed by atoms with Crippen molar-refractivity contribution >= 4 is 49.4 Å². The normalized spacial score (nSPS) is 25.9. The summed E-state index contributed by atoms with van der Waals surface area (Å²) in [4.78, 5) is 75.7. The number of aryl methyl sites for hydroxylation is 1. The van der Waals surface area contributed by atoms with E-state index in [1.54, 1.807) is 0 Å². The lowest BCUT2D eigenvalue weighted by molar-refractivity contribution is -0.0543. The van der Waals surface area contributed by atoms with E-state index in [4.69, 9.17) is 28.5 Å². The zero-order valence-electron chi connectivity index (χ0n) is 25.7. The molecule has 0 spiro atoms. The van der Waals surface area contributed by atoms with E-state index in [-0.39, 0.29) is 24.0 Å². The summed E-state index contributed by atoms with van der Waals surface area (Å²) >= 11 is 0. The van der Waals surface area contributed by atoms with Crippen LogP contribution in [0.4, 0.5) is 4.79 Å². The summed E-state index contributed by atoms with van der Waals surface area (Å²) in [5.74, 6) is 0.345. The van der Waals surface area contributed by atoms with Crippen LogP contribution in [-0.4, -0.2) is 84.5 Å². The van der Waals surface area contributed by atoms with E-state index in [9.17, 15) is 37.9 Å². The van der Waals surface area contributed by atoms with Gasteiger partial charge in [-0.3, -0.25) is 18.9 Å². The number of carbonyl (C=O) groups excluding carboxylic acids is 1. The fourth-order valence-corrected chi connectivity index (χ4v) is 9.87. The van der Waals surface area contributed by atoms with Crippen LogP contribution in [-0.2, 0) is 41.1 Å². The highest BCUT2D eigenvalue weighted by atomic mass is 33.2. The second kappa shape index (κ2) is 17.1. The van der Waals surface area contributed by atoms with Crippen LogP contribution < -0.4 is 16.6 Å². The number of phosphoric acid groups is 3. The first kappa shape index (κ1) is 40.2. The zero-order valence-corrected chi connectivity index (χ0v) is 30.0. The van der Waals surface area contributed by atoms with E-state index >= 15 is 0 Å². The first-order valence-corrected chi connectivity index (χ1v) is 22.7. The molecule has 0 bridgehead atoms. The molecular formula is C23H40N3O16P3S2. The van der Waals surface area contributed by atoms with Crippen LogP contribution in [0.5, 0.6) is 0 Å². The molecule has 0 aromatic carbocycles. The van der Waals surface area contributed by atoms with Crippen molar-refractivity contribution in [3.63, 3.8) is 0 Å². The van der Waals surface area contributed by atoms with Gasteiger partial charge in [-0.1, -0.05) is 22.9 Å². The van der Waals surface area contributed by atoms with Crippen LogP contribution >= 0.6 is 43.3 Å². The van der Waals surface area contributed by atoms with Gasteiger partial charge in [-0.15, -0.1) is 0 Å². The monoisotopic (exact) mass is 771 g/mol. The number of hydrogen-bond acceptors (Lipinski definition) is 13. The van der Waals surface area contributed by atoms with Crippen LogP contribution in [0.25, 0.3) is 0 Å². The molecule has 1 aromatic rings. The van der Waals surface area contributed by atoms with Crippen molar-refractivity contribution in [1.82, 2.24) is 14.9 Å². The van der Waals surface area contributed by atoms with Gasteiger partial charge in [0.2, 0.25) is 0 Å². The molecule has 3 rings (SSSR count). The molecule has 1 aliphatic carbocycles. The molecule has 1 fully saturated rings. The van der Waals surface area contributed by atoms with E-state index in [2.05, 4.69) is 31.1 Å². The molecule has 4 unspecified atom stereocenters. The van der Waals surface area contributed by atoms with Gasteiger partial charge < -0.3 is 39.1 Å². The topological polar surface area (TPSA) is 271 Å². The first-order valence-electron chi connectivity index (χ1n) is 14.1. The predicted octanol–water partition coefficient (Wildman–Crippen LogP) is 3.10. The zero-order chi connectivity index (χ0) is 35.0. The summed E-state index contributed by atoms with van der Waals surface area (Å²) in [5.41, 5.74) is -1.21. The molecule has 0 radical (unpaired) electrons. The molecule has 2 aliphatic rings. The quantitative estimate of drug-likeness (QED) is 0.0647. The maximum absolute atomic E-state index is 12.5. The van der Waals surface area contributed by atoms with Gasteiger partial charge in [0.05, 0.1) is 18.6 Å². The van der Waals surface area contributed by atoms with Crippen molar-refractivity contribution in [2.45, 2.75) is 70.0 Å². The largest absolute Gasteiger partial charge is 0.490 e. The molecule has 1 aliphatic heterocycles. The summed E-state index contributed by atoms with van der Waals surface area (Å²) in [5, 5.41) is 2.80. The van der Waals surface area contributed by atoms with Crippen molar-refractivity contribution in [1.29, 1.82) is 0 Å². The Morgan fingerprint density at radius 2 is 1.81 bits per heavy atom. The van der Waals surface area contributed by atoms with Gasteiger partial charge in [0.1, 0.15) is 24.4 Å². The number of alkyl carbamates (subject to hydrolysis) is 1. The van der Waals surface area contributed by atoms with E-state index in [0.717, 1.165) is 36.7 Å². The molecule has 19 nitrogen and oxygen atoms in total. The SMILES string of the molecule is Cc1cn([C@H]2C[C@@H](OCSS(C)(C)CNC(=O)OC3CC/C=C/CCC3)C(COP(=O)(O)OP(=O)(O)OP(=O)(O)O)O2)c(=O)[nH]c1=O. The Kier molecular flexibility index (Phi) is 14.6. The van der Waals surface area contributed by atoms with Crippen molar-refractivity contribution in [2.75, 3.05) is 30.9 Å². The molecule has 1 amide bonds. The van der Waals surface area contributed by atoms with Gasteiger partial charge in [-0.2, -0.15) is 17.7 Å².